The van der Waals surface area contributed by atoms with Crippen LogP contribution in [0.1, 0.15) is 173 Å². The lowest BCUT2D eigenvalue weighted by atomic mass is 10.0. The third-order valence-corrected chi connectivity index (χ3v) is 17.8. The lowest BCUT2D eigenvalue weighted by molar-refractivity contribution is -0.132. The number of rotatable bonds is 32. The van der Waals surface area contributed by atoms with Crippen LogP contribution in [0.25, 0.3) is 48.3 Å². The van der Waals surface area contributed by atoms with E-state index in [1.165, 1.54) is 151 Å². The highest BCUT2D eigenvalue weighted by atomic mass is 32.1. The van der Waals surface area contributed by atoms with Crippen LogP contribution in [0.2, 0.25) is 0 Å². The fourth-order valence-corrected chi connectivity index (χ4v) is 13.4. The maximum Gasteiger partial charge on any atom is 0.346 e. The molecule has 0 aliphatic heterocycles. The molecule has 4 aromatic heterocycles. The molecule has 0 bridgehead atoms. The first-order valence-corrected chi connectivity index (χ1v) is 30.6. The Bertz CT molecular complexity index is 3000. The first-order valence-electron chi connectivity index (χ1n) is 28.1. The van der Waals surface area contributed by atoms with E-state index in [9.17, 15) is 15.2 Å². The van der Waals surface area contributed by atoms with Crippen molar-refractivity contribution in [3.63, 3.8) is 0 Å². The number of imidazole rings is 2. The number of aromatic nitrogens is 4. The summed E-state index contributed by atoms with van der Waals surface area (Å²) in [5.74, 6) is -1.21. The van der Waals surface area contributed by atoms with E-state index in [4.69, 9.17) is 24.4 Å². The summed E-state index contributed by atoms with van der Waals surface area (Å²) < 4.78 is 11.5. The van der Waals surface area contributed by atoms with Gasteiger partial charge in [-0.3, -0.25) is 0 Å². The van der Waals surface area contributed by atoms with Gasteiger partial charge in [0, 0.05) is 62.7 Å². The molecule has 74 heavy (non-hydrogen) atoms. The Labute approximate surface area is 460 Å². The number of nitriles is 1. The van der Waals surface area contributed by atoms with Gasteiger partial charge in [-0.25, -0.2) is 4.79 Å². The number of hydrogen-bond acceptors (Lipinski definition) is 7. The highest BCUT2D eigenvalue weighted by Crippen LogP contribution is 2.44. The Kier molecular flexibility index (Phi) is 22.0. The van der Waals surface area contributed by atoms with Crippen LogP contribution in [0, 0.1) is 20.9 Å². The Hall–Kier alpha value is -5.06. The van der Waals surface area contributed by atoms with Crippen molar-refractivity contribution in [1.82, 2.24) is 18.3 Å². The van der Waals surface area contributed by atoms with Gasteiger partial charge in [-0.2, -0.15) is 5.26 Å². The molecule has 0 amide bonds. The van der Waals surface area contributed by atoms with Crippen molar-refractivity contribution in [2.24, 2.45) is 0 Å². The van der Waals surface area contributed by atoms with Crippen molar-refractivity contribution < 1.29 is 9.90 Å². The average molecular weight is 1070 g/mol. The van der Waals surface area contributed by atoms with E-state index in [1.807, 2.05) is 12.1 Å². The van der Waals surface area contributed by atoms with Crippen molar-refractivity contribution >= 4 is 98.3 Å². The molecular formula is C62H80N6O2S4. The number of fused-ring (bicyclic) bond motifs is 2. The van der Waals surface area contributed by atoms with E-state index in [1.54, 1.807) is 11.3 Å². The summed E-state index contributed by atoms with van der Waals surface area (Å²) in [4.78, 5) is 18.4. The number of nitrogens with zero attached hydrogens (tertiary/aromatic N) is 6. The van der Waals surface area contributed by atoms with Crippen LogP contribution >= 0.6 is 47.1 Å². The number of carboxylic acids is 1. The van der Waals surface area contributed by atoms with Crippen LogP contribution in [0.15, 0.2) is 84.4 Å². The Balaban J connectivity index is 1.35. The van der Waals surface area contributed by atoms with E-state index >= 15 is 0 Å². The third kappa shape index (κ3) is 14.0. The minimum atomic E-state index is -1.21. The maximum atomic E-state index is 11.7. The predicted molar refractivity (Wildman–Crippen MR) is 322 cm³/mol. The molecule has 0 aliphatic rings. The number of anilines is 3. The number of thiophene rings is 2. The summed E-state index contributed by atoms with van der Waals surface area (Å²) in [5, 5.41) is 19.0. The van der Waals surface area contributed by atoms with Crippen LogP contribution in [0.5, 0.6) is 0 Å². The molecule has 7 aromatic rings. The Morgan fingerprint density at radius 2 is 0.986 bits per heavy atom. The first kappa shape index (κ1) is 56.7. The molecule has 0 atom stereocenters. The second kappa shape index (κ2) is 28.7. The number of aliphatic carboxylic acids is 1. The number of carboxylic acid groups (broad SMARTS) is 1. The summed E-state index contributed by atoms with van der Waals surface area (Å²) in [6.45, 7) is 15.0. The molecule has 12 heteroatoms. The number of unbranched alkanes of at least 4 members (excludes halogenated alkanes) is 15. The molecule has 0 fully saturated rings. The quantitative estimate of drug-likeness (QED) is 0.0196. The molecular weight excluding hydrogens is 989 g/mol. The predicted octanol–water partition coefficient (Wildman–Crippen LogP) is 20.0. The van der Waals surface area contributed by atoms with Crippen LogP contribution in [0.4, 0.5) is 17.1 Å². The molecule has 7 rings (SSSR count). The van der Waals surface area contributed by atoms with Crippen LogP contribution in [-0.4, -0.2) is 29.3 Å². The van der Waals surface area contributed by atoms with Gasteiger partial charge in [-0.05, 0) is 147 Å². The molecule has 8 nitrogen and oxygen atoms in total. The average Bonchev–Trinajstić information content (AvgIpc) is 4.18. The smallest absolute Gasteiger partial charge is 0.346 e. The Morgan fingerprint density at radius 1 is 0.541 bits per heavy atom. The first-order chi connectivity index (χ1) is 36.1. The van der Waals surface area contributed by atoms with Gasteiger partial charge in [0.15, 0.2) is 9.54 Å². The fraction of sp³-hybridized carbons (Fsp3) is 0.484. The van der Waals surface area contributed by atoms with Gasteiger partial charge in [0.1, 0.15) is 11.6 Å². The molecule has 0 spiro atoms. The van der Waals surface area contributed by atoms with Crippen molar-refractivity contribution in [3.8, 4) is 26.3 Å². The van der Waals surface area contributed by atoms with Crippen molar-refractivity contribution in [2.75, 3.05) is 4.90 Å². The van der Waals surface area contributed by atoms with Gasteiger partial charge in [0.2, 0.25) is 0 Å². The molecule has 1 N–H and O–H groups in total. The molecule has 0 saturated heterocycles. The number of aryl methyl sites for hydroxylation is 5. The van der Waals surface area contributed by atoms with E-state index in [0.29, 0.717) is 0 Å². The van der Waals surface area contributed by atoms with Crippen LogP contribution in [-0.2, 0) is 37.4 Å². The highest BCUT2D eigenvalue weighted by molar-refractivity contribution is 7.71. The molecule has 4 heterocycles. The van der Waals surface area contributed by atoms with Gasteiger partial charge in [-0.15, -0.1) is 22.7 Å². The van der Waals surface area contributed by atoms with E-state index < -0.39 is 5.97 Å². The zero-order valence-corrected chi connectivity index (χ0v) is 48.2. The minimum absolute atomic E-state index is 0.259. The molecule has 3 aromatic carbocycles. The van der Waals surface area contributed by atoms with Crippen molar-refractivity contribution in [2.45, 2.75) is 196 Å². The van der Waals surface area contributed by atoms with E-state index in [2.05, 4.69) is 131 Å². The number of carbonyl (C=O) groups is 1. The van der Waals surface area contributed by atoms with E-state index in [-0.39, 0.29) is 5.57 Å². The summed E-state index contributed by atoms with van der Waals surface area (Å²) in [6, 6.07) is 31.3. The lowest BCUT2D eigenvalue weighted by Gasteiger charge is -2.26. The Morgan fingerprint density at radius 3 is 1.43 bits per heavy atom. The summed E-state index contributed by atoms with van der Waals surface area (Å²) >= 11 is 16.0. The minimum Gasteiger partial charge on any atom is -0.477 e. The normalized spacial score (nSPS) is 11.9. The molecule has 0 unspecified atom stereocenters. The standard InChI is InChI=1S/C62H80N6O2S4/c1-6-11-16-21-26-47-42-58(74-59(47)57-36-33-52(73-57)41-48(45-63)60(69)70)46-27-29-49(30-28-46)68(50-31-34-53-55(43-50)66(39-24-19-14-9-4)61(71)64(53)37-22-17-12-7-2)51-32-35-54-56(44-51)67(40-25-20-15-10-5)62(72)65(54)38-23-18-13-8-3/h27-36,41-44H,6-26,37-40H2,1-5H3,(H,69,70)/b48-41+. The van der Waals surface area contributed by atoms with Gasteiger partial charge in [0.25, 0.3) is 0 Å². The molecule has 0 saturated carbocycles. The SMILES string of the molecule is CCCCCCc1cc(-c2ccc(N(c3ccc4c(c3)n(CCCCCC)c(=S)n4CCCCCC)c3ccc4c(c3)n(CCCCCC)c(=S)n4CCCCCC)cc2)sc1-c1ccc(/C=C(\C#N)C(=O)O)s1. The largest absolute Gasteiger partial charge is 0.477 e. The number of benzene rings is 3. The summed E-state index contributed by atoms with van der Waals surface area (Å²) in [6.07, 6.45) is 26.1. The van der Waals surface area contributed by atoms with Gasteiger partial charge in [-0.1, -0.05) is 143 Å². The second-order valence-electron chi connectivity index (χ2n) is 20.1. The van der Waals surface area contributed by atoms with Crippen LogP contribution in [0.3, 0.4) is 0 Å². The monoisotopic (exact) mass is 1070 g/mol. The topological polar surface area (TPSA) is 84.0 Å². The zero-order valence-electron chi connectivity index (χ0n) is 44.9. The van der Waals surface area contributed by atoms with Gasteiger partial charge in [0.05, 0.1) is 22.1 Å². The van der Waals surface area contributed by atoms with E-state index in [0.717, 1.165) is 107 Å². The second-order valence-corrected chi connectivity index (χ2v) is 23.0. The zero-order chi connectivity index (χ0) is 52.4. The fourth-order valence-electron chi connectivity index (χ4n) is 10.3. The van der Waals surface area contributed by atoms with Gasteiger partial charge >= 0.3 is 5.97 Å². The summed E-state index contributed by atoms with van der Waals surface area (Å²) in [7, 11) is 0. The molecule has 0 radical (unpaired) electrons. The van der Waals surface area contributed by atoms with Crippen molar-refractivity contribution in [3.05, 3.63) is 104 Å². The molecule has 0 aliphatic carbocycles. The summed E-state index contributed by atoms with van der Waals surface area (Å²) in [5.41, 5.74) is 10.3. The van der Waals surface area contributed by atoms with Gasteiger partial charge < -0.3 is 28.3 Å². The molecule has 394 valence electrons. The number of hydrogen-bond donors (Lipinski definition) is 1. The highest BCUT2D eigenvalue weighted by Gasteiger charge is 2.21. The van der Waals surface area contributed by atoms with Crippen molar-refractivity contribution in [1.29, 1.82) is 5.26 Å². The maximum absolute atomic E-state index is 11.7. The third-order valence-electron chi connectivity index (χ3n) is 14.5. The van der Waals surface area contributed by atoms with Crippen LogP contribution < -0.4 is 4.90 Å². The lowest BCUT2D eigenvalue weighted by Crippen LogP contribution is -2.10.